The molecule has 0 saturated heterocycles. The second kappa shape index (κ2) is 9.82. The van der Waals surface area contributed by atoms with Gasteiger partial charge >= 0.3 is 5.97 Å². The molecule has 6 nitrogen and oxygen atoms in total. The highest BCUT2D eigenvalue weighted by Gasteiger charge is 2.07. The minimum absolute atomic E-state index is 0.00876. The van der Waals surface area contributed by atoms with Crippen LogP contribution in [0.3, 0.4) is 0 Å². The molecule has 0 spiro atoms. The summed E-state index contributed by atoms with van der Waals surface area (Å²) in [5.74, 6) is 0.766. The van der Waals surface area contributed by atoms with Gasteiger partial charge in [0.05, 0.1) is 11.3 Å². The number of sulfonamides is 1. The van der Waals surface area contributed by atoms with Crippen molar-refractivity contribution in [3.63, 3.8) is 0 Å². The molecule has 2 aromatic carbocycles. The van der Waals surface area contributed by atoms with E-state index >= 15 is 0 Å². The summed E-state index contributed by atoms with van der Waals surface area (Å²) < 4.78 is 32.7. The fraction of sp³-hybridized carbons (Fsp3) is 0.235. The van der Waals surface area contributed by atoms with E-state index < -0.39 is 10.0 Å². The lowest BCUT2D eigenvalue weighted by Crippen LogP contribution is -2.13. The molecule has 0 aliphatic carbocycles. The minimum Gasteiger partial charge on any atom is -0.490 e. The Labute approximate surface area is 161 Å². The summed E-state index contributed by atoms with van der Waals surface area (Å²) >= 11 is 7.36. The Morgan fingerprint density at radius 1 is 1.04 bits per heavy atom. The summed E-state index contributed by atoms with van der Waals surface area (Å²) in [5, 5.41) is 5.69. The van der Waals surface area contributed by atoms with Gasteiger partial charge in [-0.15, -0.1) is 11.8 Å². The predicted octanol–water partition coefficient (Wildman–Crippen LogP) is 3.09. The van der Waals surface area contributed by atoms with Crippen LogP contribution in [-0.2, 0) is 19.6 Å². The van der Waals surface area contributed by atoms with Crippen LogP contribution in [0.15, 0.2) is 58.3 Å². The van der Waals surface area contributed by atoms with Crippen molar-refractivity contribution in [1.82, 2.24) is 0 Å². The smallest absolute Gasteiger partial charge is 0.306 e. The molecule has 9 heteroatoms. The molecule has 2 N–H and O–H groups in total. The first-order valence-electron chi connectivity index (χ1n) is 7.64. The van der Waals surface area contributed by atoms with Gasteiger partial charge in [0, 0.05) is 15.7 Å². The molecule has 0 aliphatic heterocycles. The Hall–Kier alpha value is -1.74. The summed E-state index contributed by atoms with van der Waals surface area (Å²) in [6.07, 6.45) is 0.288. The van der Waals surface area contributed by atoms with Gasteiger partial charge < -0.3 is 9.47 Å². The molecule has 2 aromatic rings. The van der Waals surface area contributed by atoms with Gasteiger partial charge in [-0.05, 0) is 48.5 Å². The number of hydrogen-bond acceptors (Lipinski definition) is 6. The predicted molar refractivity (Wildman–Crippen MR) is 101 cm³/mol. The third-order valence-electron chi connectivity index (χ3n) is 3.16. The molecule has 2 rings (SSSR count). The molecular weight excluding hydrogens is 398 g/mol. The normalized spacial score (nSPS) is 11.2. The average molecular weight is 416 g/mol. The maximum Gasteiger partial charge on any atom is 0.306 e. The SMILES string of the molecule is NS(=O)(=O)c1ccc(OCCOC(=O)CCSc2ccc(Cl)cc2)cc1. The van der Waals surface area contributed by atoms with Gasteiger partial charge in [0.1, 0.15) is 19.0 Å². The number of carbonyl (C=O) groups is 1. The highest BCUT2D eigenvalue weighted by molar-refractivity contribution is 7.99. The molecule has 0 atom stereocenters. The first-order valence-corrected chi connectivity index (χ1v) is 10.6. The zero-order valence-corrected chi connectivity index (χ0v) is 16.1. The number of hydrogen-bond donors (Lipinski definition) is 1. The molecule has 140 valence electrons. The van der Waals surface area contributed by atoms with E-state index in [9.17, 15) is 13.2 Å². The van der Waals surface area contributed by atoms with Gasteiger partial charge in [-0.1, -0.05) is 11.6 Å². The average Bonchev–Trinajstić information content (AvgIpc) is 2.60. The Bertz CT molecular complexity index is 823. The van der Waals surface area contributed by atoms with Crippen LogP contribution in [-0.4, -0.2) is 33.4 Å². The second-order valence-electron chi connectivity index (χ2n) is 5.14. The molecule has 26 heavy (non-hydrogen) atoms. The molecule has 0 unspecified atom stereocenters. The van der Waals surface area contributed by atoms with Crippen molar-refractivity contribution in [2.75, 3.05) is 19.0 Å². The second-order valence-corrected chi connectivity index (χ2v) is 8.30. The molecule has 0 aliphatic rings. The molecule has 0 amide bonds. The van der Waals surface area contributed by atoms with Gasteiger partial charge in [0.2, 0.25) is 10.0 Å². The van der Waals surface area contributed by atoms with E-state index in [1.807, 2.05) is 12.1 Å². The molecule has 0 aromatic heterocycles. The standard InChI is InChI=1S/C17H18ClNO5S2/c18-13-1-5-15(6-2-13)25-12-9-17(20)24-11-10-23-14-3-7-16(8-4-14)26(19,21)22/h1-8H,9-12H2,(H2,19,21,22). The lowest BCUT2D eigenvalue weighted by Gasteiger charge is -2.08. The van der Waals surface area contributed by atoms with Crippen molar-refractivity contribution < 1.29 is 22.7 Å². The van der Waals surface area contributed by atoms with E-state index in [1.54, 1.807) is 23.9 Å². The first kappa shape index (κ1) is 20.6. The van der Waals surface area contributed by atoms with Crippen LogP contribution in [0.2, 0.25) is 5.02 Å². The number of esters is 1. The Kier molecular flexibility index (Phi) is 7.77. The van der Waals surface area contributed by atoms with Crippen LogP contribution in [0.4, 0.5) is 0 Å². The van der Waals surface area contributed by atoms with E-state index in [2.05, 4.69) is 0 Å². The van der Waals surface area contributed by atoms with E-state index in [0.717, 1.165) is 4.90 Å². The maximum atomic E-state index is 11.7. The third kappa shape index (κ3) is 7.25. The zero-order chi connectivity index (χ0) is 19.0. The van der Waals surface area contributed by atoms with Crippen molar-refractivity contribution in [3.05, 3.63) is 53.6 Å². The number of halogens is 1. The number of ether oxygens (including phenoxy) is 2. The first-order chi connectivity index (χ1) is 12.3. The number of rotatable bonds is 9. The van der Waals surface area contributed by atoms with E-state index in [0.29, 0.717) is 16.5 Å². The summed E-state index contributed by atoms with van der Waals surface area (Å²) in [5.41, 5.74) is 0. The van der Waals surface area contributed by atoms with Gasteiger partial charge in [-0.2, -0.15) is 0 Å². The molecular formula is C17H18ClNO5S2. The van der Waals surface area contributed by atoms with Crippen molar-refractivity contribution in [2.24, 2.45) is 5.14 Å². The zero-order valence-electron chi connectivity index (χ0n) is 13.8. The molecule has 0 heterocycles. The summed E-state index contributed by atoms with van der Waals surface area (Å²) in [7, 11) is -3.72. The Morgan fingerprint density at radius 2 is 1.69 bits per heavy atom. The van der Waals surface area contributed by atoms with Crippen molar-refractivity contribution in [3.8, 4) is 5.75 Å². The van der Waals surface area contributed by atoms with Crippen LogP contribution in [0.1, 0.15) is 6.42 Å². The number of benzene rings is 2. The summed E-state index contributed by atoms with van der Waals surface area (Å²) in [4.78, 5) is 12.7. The maximum absolute atomic E-state index is 11.7. The minimum atomic E-state index is -3.72. The van der Waals surface area contributed by atoms with Gasteiger partial charge in [0.15, 0.2) is 0 Å². The van der Waals surface area contributed by atoms with Crippen LogP contribution in [0, 0.1) is 0 Å². The summed E-state index contributed by atoms with van der Waals surface area (Å²) in [6, 6.07) is 13.1. The van der Waals surface area contributed by atoms with Crippen LogP contribution in [0.25, 0.3) is 0 Å². The van der Waals surface area contributed by atoms with Gasteiger partial charge in [-0.25, -0.2) is 13.6 Å². The number of primary sulfonamides is 1. The molecule has 0 radical (unpaired) electrons. The van der Waals surface area contributed by atoms with Crippen molar-refractivity contribution in [1.29, 1.82) is 0 Å². The lowest BCUT2D eigenvalue weighted by molar-refractivity contribution is -0.143. The van der Waals surface area contributed by atoms with Crippen molar-refractivity contribution in [2.45, 2.75) is 16.2 Å². The third-order valence-corrected chi connectivity index (χ3v) is 5.35. The largest absolute Gasteiger partial charge is 0.490 e. The van der Waals surface area contributed by atoms with Crippen molar-refractivity contribution >= 4 is 39.4 Å². The quantitative estimate of drug-likeness (QED) is 0.384. The number of nitrogens with two attached hydrogens (primary N) is 1. The molecule has 0 bridgehead atoms. The fourth-order valence-electron chi connectivity index (χ4n) is 1.90. The topological polar surface area (TPSA) is 95.7 Å². The van der Waals surface area contributed by atoms with E-state index in [4.69, 9.17) is 26.2 Å². The van der Waals surface area contributed by atoms with E-state index in [1.165, 1.54) is 24.3 Å². The molecule has 0 fully saturated rings. The summed E-state index contributed by atoms with van der Waals surface area (Å²) in [6.45, 7) is 0.284. The van der Waals surface area contributed by atoms with Crippen LogP contribution >= 0.6 is 23.4 Å². The monoisotopic (exact) mass is 415 g/mol. The van der Waals surface area contributed by atoms with Gasteiger partial charge in [0.25, 0.3) is 0 Å². The highest BCUT2D eigenvalue weighted by atomic mass is 35.5. The fourth-order valence-corrected chi connectivity index (χ4v) is 3.37. The van der Waals surface area contributed by atoms with E-state index in [-0.39, 0.29) is 30.5 Å². The van der Waals surface area contributed by atoms with Crippen LogP contribution < -0.4 is 9.88 Å². The van der Waals surface area contributed by atoms with Gasteiger partial charge in [-0.3, -0.25) is 4.79 Å². The molecule has 0 saturated carbocycles. The Morgan fingerprint density at radius 3 is 2.31 bits per heavy atom. The highest BCUT2D eigenvalue weighted by Crippen LogP contribution is 2.21. The number of thioether (sulfide) groups is 1. The Balaban J connectivity index is 1.61. The van der Waals surface area contributed by atoms with Crippen LogP contribution in [0.5, 0.6) is 5.75 Å². The lowest BCUT2D eigenvalue weighted by atomic mass is 10.3. The number of carbonyl (C=O) groups excluding carboxylic acids is 1.